The number of amides is 2. The van der Waals surface area contributed by atoms with Crippen LogP contribution in [0.1, 0.15) is 26.7 Å². The van der Waals surface area contributed by atoms with Crippen molar-refractivity contribution < 1.29 is 9.90 Å². The van der Waals surface area contributed by atoms with Crippen LogP contribution in [-0.4, -0.2) is 42.3 Å². The number of carbonyl (C=O) groups excluding carboxylic acids is 1. The van der Waals surface area contributed by atoms with Gasteiger partial charge in [-0.3, -0.25) is 0 Å². The van der Waals surface area contributed by atoms with E-state index in [1.165, 1.54) is 4.90 Å². The Hall–Kier alpha value is -0.770. The average molecular weight is 188 g/mol. The molecule has 0 atom stereocenters. The van der Waals surface area contributed by atoms with Crippen LogP contribution in [-0.2, 0) is 0 Å². The maximum Gasteiger partial charge on any atom is 0.317 e. The first-order chi connectivity index (χ1) is 6.01. The lowest BCUT2D eigenvalue weighted by Gasteiger charge is -2.31. The SMILES string of the molecule is CCC(CC)(CO)NC(=O)N(C)C. The molecule has 0 aromatic heterocycles. The fourth-order valence-corrected chi connectivity index (χ4v) is 1.03. The Morgan fingerprint density at radius 1 is 1.38 bits per heavy atom. The average Bonchev–Trinajstić information content (AvgIpc) is 2.14. The molecule has 0 aliphatic heterocycles. The van der Waals surface area contributed by atoms with Gasteiger partial charge in [-0.25, -0.2) is 4.79 Å². The highest BCUT2D eigenvalue weighted by Crippen LogP contribution is 2.13. The summed E-state index contributed by atoms with van der Waals surface area (Å²) in [5.41, 5.74) is -0.457. The Bertz CT molecular complexity index is 157. The van der Waals surface area contributed by atoms with Crippen molar-refractivity contribution in [1.29, 1.82) is 0 Å². The topological polar surface area (TPSA) is 52.6 Å². The van der Waals surface area contributed by atoms with Crippen LogP contribution in [0.3, 0.4) is 0 Å². The van der Waals surface area contributed by atoms with Crippen molar-refractivity contribution in [3.63, 3.8) is 0 Å². The minimum atomic E-state index is -0.457. The van der Waals surface area contributed by atoms with E-state index < -0.39 is 5.54 Å². The number of carbonyl (C=O) groups is 1. The summed E-state index contributed by atoms with van der Waals surface area (Å²) >= 11 is 0. The second-order valence-corrected chi connectivity index (χ2v) is 3.47. The normalized spacial score (nSPS) is 11.2. The van der Waals surface area contributed by atoms with E-state index in [0.717, 1.165) is 12.8 Å². The van der Waals surface area contributed by atoms with Crippen molar-refractivity contribution in [2.24, 2.45) is 0 Å². The van der Waals surface area contributed by atoms with E-state index in [-0.39, 0.29) is 12.6 Å². The summed E-state index contributed by atoms with van der Waals surface area (Å²) < 4.78 is 0. The molecule has 0 rings (SSSR count). The predicted molar refractivity (Wildman–Crippen MR) is 52.6 cm³/mol. The molecule has 0 heterocycles. The van der Waals surface area contributed by atoms with Gasteiger partial charge in [-0.05, 0) is 12.8 Å². The molecule has 0 unspecified atom stereocenters. The molecule has 0 spiro atoms. The van der Waals surface area contributed by atoms with Gasteiger partial charge in [-0.2, -0.15) is 0 Å². The highest BCUT2D eigenvalue weighted by molar-refractivity contribution is 5.74. The first-order valence-electron chi connectivity index (χ1n) is 4.61. The number of aliphatic hydroxyl groups is 1. The van der Waals surface area contributed by atoms with Gasteiger partial charge < -0.3 is 15.3 Å². The first-order valence-corrected chi connectivity index (χ1v) is 4.61. The standard InChI is InChI=1S/C9H20N2O2/c1-5-9(6-2,7-12)10-8(13)11(3)4/h12H,5-7H2,1-4H3,(H,10,13). The minimum Gasteiger partial charge on any atom is -0.394 e. The summed E-state index contributed by atoms with van der Waals surface area (Å²) in [6.07, 6.45) is 1.47. The third-order valence-corrected chi connectivity index (χ3v) is 2.43. The van der Waals surface area contributed by atoms with Gasteiger partial charge in [0, 0.05) is 14.1 Å². The molecule has 13 heavy (non-hydrogen) atoms. The van der Waals surface area contributed by atoms with Crippen LogP contribution in [0.5, 0.6) is 0 Å². The minimum absolute atomic E-state index is 0.0143. The highest BCUT2D eigenvalue weighted by Gasteiger charge is 2.27. The number of urea groups is 1. The summed E-state index contributed by atoms with van der Waals surface area (Å²) in [4.78, 5) is 12.8. The van der Waals surface area contributed by atoms with E-state index in [1.807, 2.05) is 13.8 Å². The zero-order valence-corrected chi connectivity index (χ0v) is 8.92. The van der Waals surface area contributed by atoms with Crippen molar-refractivity contribution in [2.45, 2.75) is 32.2 Å². The molecule has 0 aliphatic carbocycles. The lowest BCUT2D eigenvalue weighted by atomic mass is 9.94. The quantitative estimate of drug-likeness (QED) is 0.686. The Morgan fingerprint density at radius 3 is 2.08 bits per heavy atom. The molecule has 0 bridgehead atoms. The second-order valence-electron chi connectivity index (χ2n) is 3.47. The van der Waals surface area contributed by atoms with Crippen molar-refractivity contribution in [3.8, 4) is 0 Å². The Balaban J connectivity index is 4.33. The second kappa shape index (κ2) is 5.07. The van der Waals surface area contributed by atoms with Crippen LogP contribution in [0, 0.1) is 0 Å². The van der Waals surface area contributed by atoms with Crippen LogP contribution in [0.25, 0.3) is 0 Å². The van der Waals surface area contributed by atoms with E-state index in [0.29, 0.717) is 0 Å². The van der Waals surface area contributed by atoms with Gasteiger partial charge >= 0.3 is 6.03 Å². The maximum absolute atomic E-state index is 11.3. The largest absolute Gasteiger partial charge is 0.394 e. The Labute approximate surface area is 79.9 Å². The zero-order valence-electron chi connectivity index (χ0n) is 8.92. The van der Waals surface area contributed by atoms with Gasteiger partial charge in [0.1, 0.15) is 0 Å². The van der Waals surface area contributed by atoms with Crippen molar-refractivity contribution in [3.05, 3.63) is 0 Å². The molecule has 0 aliphatic rings. The molecule has 4 heteroatoms. The van der Waals surface area contributed by atoms with Gasteiger partial charge in [0.05, 0.1) is 12.1 Å². The van der Waals surface area contributed by atoms with Crippen LogP contribution in [0.4, 0.5) is 4.79 Å². The number of nitrogens with one attached hydrogen (secondary N) is 1. The van der Waals surface area contributed by atoms with E-state index in [1.54, 1.807) is 14.1 Å². The van der Waals surface area contributed by atoms with E-state index in [4.69, 9.17) is 0 Å². The Kier molecular flexibility index (Phi) is 4.77. The van der Waals surface area contributed by atoms with Gasteiger partial charge in [-0.1, -0.05) is 13.8 Å². The van der Waals surface area contributed by atoms with Gasteiger partial charge in [0.2, 0.25) is 0 Å². The van der Waals surface area contributed by atoms with Crippen LogP contribution >= 0.6 is 0 Å². The fourth-order valence-electron chi connectivity index (χ4n) is 1.03. The lowest BCUT2D eigenvalue weighted by Crippen LogP contribution is -2.53. The van der Waals surface area contributed by atoms with Crippen molar-refractivity contribution >= 4 is 6.03 Å². The number of rotatable bonds is 4. The van der Waals surface area contributed by atoms with Crippen LogP contribution < -0.4 is 5.32 Å². The molecule has 4 nitrogen and oxygen atoms in total. The number of hydrogen-bond acceptors (Lipinski definition) is 2. The fraction of sp³-hybridized carbons (Fsp3) is 0.889. The molecule has 2 amide bonds. The number of nitrogens with zero attached hydrogens (tertiary/aromatic N) is 1. The summed E-state index contributed by atoms with van der Waals surface area (Å²) in [5.74, 6) is 0. The molecule has 0 fully saturated rings. The summed E-state index contributed by atoms with van der Waals surface area (Å²) in [6, 6.07) is -0.155. The van der Waals surface area contributed by atoms with Crippen LogP contribution in [0.2, 0.25) is 0 Å². The van der Waals surface area contributed by atoms with Gasteiger partial charge in [0.25, 0.3) is 0 Å². The van der Waals surface area contributed by atoms with E-state index >= 15 is 0 Å². The summed E-state index contributed by atoms with van der Waals surface area (Å²) in [5, 5.41) is 12.0. The molecule has 0 saturated heterocycles. The number of aliphatic hydroxyl groups excluding tert-OH is 1. The summed E-state index contributed by atoms with van der Waals surface area (Å²) in [6.45, 7) is 3.89. The molecular weight excluding hydrogens is 168 g/mol. The molecule has 0 radical (unpaired) electrons. The number of hydrogen-bond donors (Lipinski definition) is 2. The predicted octanol–water partition coefficient (Wildman–Crippen LogP) is 0.809. The third kappa shape index (κ3) is 3.22. The molecule has 2 N–H and O–H groups in total. The van der Waals surface area contributed by atoms with Crippen molar-refractivity contribution in [2.75, 3.05) is 20.7 Å². The third-order valence-electron chi connectivity index (χ3n) is 2.43. The van der Waals surface area contributed by atoms with E-state index in [9.17, 15) is 9.90 Å². The monoisotopic (exact) mass is 188 g/mol. The molecule has 0 aromatic carbocycles. The first kappa shape index (κ1) is 12.2. The van der Waals surface area contributed by atoms with Crippen molar-refractivity contribution in [1.82, 2.24) is 10.2 Å². The van der Waals surface area contributed by atoms with Gasteiger partial charge in [-0.15, -0.1) is 0 Å². The van der Waals surface area contributed by atoms with Gasteiger partial charge in [0.15, 0.2) is 0 Å². The Morgan fingerprint density at radius 2 is 1.85 bits per heavy atom. The smallest absolute Gasteiger partial charge is 0.317 e. The molecular formula is C9H20N2O2. The molecule has 0 saturated carbocycles. The highest BCUT2D eigenvalue weighted by atomic mass is 16.3. The molecule has 78 valence electrons. The van der Waals surface area contributed by atoms with E-state index in [2.05, 4.69) is 5.32 Å². The molecule has 0 aromatic rings. The van der Waals surface area contributed by atoms with Crippen LogP contribution in [0.15, 0.2) is 0 Å². The lowest BCUT2D eigenvalue weighted by molar-refractivity contribution is 0.143. The zero-order chi connectivity index (χ0) is 10.5. The maximum atomic E-state index is 11.3. The summed E-state index contributed by atoms with van der Waals surface area (Å²) in [7, 11) is 3.37.